The topological polar surface area (TPSA) is 49.8 Å². The Bertz CT molecular complexity index is 968. The van der Waals surface area contributed by atoms with Crippen molar-refractivity contribution in [3.63, 3.8) is 0 Å². The highest BCUT2D eigenvalue weighted by Gasteiger charge is 2.28. The van der Waals surface area contributed by atoms with Crippen molar-refractivity contribution in [2.45, 2.75) is 12.5 Å². The minimum Gasteiger partial charge on any atom is -0.497 e. The quantitative estimate of drug-likeness (QED) is 0.752. The van der Waals surface area contributed by atoms with Gasteiger partial charge in [-0.3, -0.25) is 4.79 Å². The maximum absolute atomic E-state index is 13.2. The summed E-state index contributed by atoms with van der Waals surface area (Å²) < 4.78 is 5.26. The fourth-order valence-electron chi connectivity index (χ4n) is 3.53. The van der Waals surface area contributed by atoms with Crippen molar-refractivity contribution in [2.24, 2.45) is 0 Å². The molecule has 3 aromatic rings. The van der Waals surface area contributed by atoms with Gasteiger partial charge in [-0.1, -0.05) is 42.5 Å². The molecule has 0 aromatic heterocycles. The summed E-state index contributed by atoms with van der Waals surface area (Å²) >= 11 is 0. The number of benzene rings is 3. The lowest BCUT2D eigenvalue weighted by Crippen LogP contribution is -2.36. The molecule has 1 heterocycles. The first-order chi connectivity index (χ1) is 13.2. The van der Waals surface area contributed by atoms with Crippen molar-refractivity contribution < 1.29 is 14.6 Å². The zero-order valence-corrected chi connectivity index (χ0v) is 15.1. The number of nitrogens with zero attached hydrogens (tertiary/aromatic N) is 1. The Morgan fingerprint density at radius 1 is 1.00 bits per heavy atom. The molecule has 1 atom stereocenters. The molecule has 1 aliphatic rings. The van der Waals surface area contributed by atoms with Crippen molar-refractivity contribution in [1.29, 1.82) is 0 Å². The molecule has 0 saturated heterocycles. The second kappa shape index (κ2) is 7.25. The second-order valence-electron chi connectivity index (χ2n) is 6.63. The number of carbonyl (C=O) groups excluding carboxylic acids is 1. The number of anilines is 1. The zero-order valence-electron chi connectivity index (χ0n) is 15.1. The molecule has 0 bridgehead atoms. The average Bonchev–Trinajstić information content (AvgIpc) is 2.74. The predicted molar refractivity (Wildman–Crippen MR) is 106 cm³/mol. The van der Waals surface area contributed by atoms with Crippen LogP contribution in [0.3, 0.4) is 0 Å². The molecule has 3 aromatic carbocycles. The smallest absolute Gasteiger partial charge is 0.258 e. The number of rotatable bonds is 3. The van der Waals surface area contributed by atoms with E-state index in [4.69, 9.17) is 4.74 Å². The van der Waals surface area contributed by atoms with Crippen molar-refractivity contribution in [3.05, 3.63) is 83.9 Å². The first-order valence-corrected chi connectivity index (χ1v) is 9.01. The van der Waals surface area contributed by atoms with E-state index in [9.17, 15) is 9.90 Å². The highest BCUT2D eigenvalue weighted by atomic mass is 16.5. The first-order valence-electron chi connectivity index (χ1n) is 9.01. The van der Waals surface area contributed by atoms with Crippen LogP contribution in [-0.4, -0.2) is 24.7 Å². The van der Waals surface area contributed by atoms with Gasteiger partial charge in [0.05, 0.1) is 18.9 Å². The van der Waals surface area contributed by atoms with Gasteiger partial charge in [0.2, 0.25) is 0 Å². The Morgan fingerprint density at radius 2 is 1.78 bits per heavy atom. The summed E-state index contributed by atoms with van der Waals surface area (Å²) in [6.07, 6.45) is -0.0839. The summed E-state index contributed by atoms with van der Waals surface area (Å²) in [5.41, 5.74) is 4.19. The van der Waals surface area contributed by atoms with E-state index in [0.717, 1.165) is 22.4 Å². The van der Waals surface area contributed by atoms with Crippen LogP contribution in [0.1, 0.15) is 28.4 Å². The van der Waals surface area contributed by atoms with E-state index in [0.29, 0.717) is 24.3 Å². The van der Waals surface area contributed by atoms with Gasteiger partial charge in [0.1, 0.15) is 5.75 Å². The molecule has 0 spiro atoms. The summed E-state index contributed by atoms with van der Waals surface area (Å²) in [6.45, 7) is 0.481. The van der Waals surface area contributed by atoms with Gasteiger partial charge in [0.25, 0.3) is 5.91 Å². The minimum atomic E-state index is -0.588. The Hall–Kier alpha value is -3.11. The van der Waals surface area contributed by atoms with Crippen LogP contribution in [0.25, 0.3) is 11.1 Å². The lowest BCUT2D eigenvalue weighted by atomic mass is 9.97. The minimum absolute atomic E-state index is 0.0638. The van der Waals surface area contributed by atoms with Gasteiger partial charge in [-0.2, -0.15) is 0 Å². The fraction of sp³-hybridized carbons (Fsp3) is 0.174. The van der Waals surface area contributed by atoms with Crippen LogP contribution in [-0.2, 0) is 0 Å². The summed E-state index contributed by atoms with van der Waals surface area (Å²) in [7, 11) is 1.59. The normalized spacial score (nSPS) is 15.9. The molecule has 1 aliphatic heterocycles. The summed E-state index contributed by atoms with van der Waals surface area (Å²) in [6, 6.07) is 23.1. The van der Waals surface area contributed by atoms with E-state index in [2.05, 4.69) is 0 Å². The summed E-state index contributed by atoms with van der Waals surface area (Å²) in [5, 5.41) is 10.4. The Balaban J connectivity index is 1.69. The number of amides is 1. The van der Waals surface area contributed by atoms with Crippen LogP contribution in [0, 0.1) is 0 Å². The molecule has 4 heteroatoms. The van der Waals surface area contributed by atoms with Gasteiger partial charge < -0.3 is 14.7 Å². The highest BCUT2D eigenvalue weighted by molar-refractivity contribution is 6.07. The van der Waals surface area contributed by atoms with Gasteiger partial charge in [0, 0.05) is 17.7 Å². The van der Waals surface area contributed by atoms with Gasteiger partial charge in [-0.25, -0.2) is 0 Å². The Kier molecular flexibility index (Phi) is 4.65. The standard InChI is InChI=1S/C23H21NO3/c1-27-19-10-11-21-20(15-19)22(25)12-13-24(21)23(26)18-9-5-8-17(14-18)16-6-3-2-4-7-16/h2-11,14-15,22,25H,12-13H2,1H3. The average molecular weight is 359 g/mol. The molecular formula is C23H21NO3. The van der Waals surface area contributed by atoms with E-state index < -0.39 is 6.10 Å². The maximum Gasteiger partial charge on any atom is 0.258 e. The molecule has 0 saturated carbocycles. The summed E-state index contributed by atoms with van der Waals surface area (Å²) in [5.74, 6) is 0.610. The molecule has 4 nitrogen and oxygen atoms in total. The predicted octanol–water partition coefficient (Wildman–Crippen LogP) is 4.45. The lowest BCUT2D eigenvalue weighted by molar-refractivity contribution is 0.0970. The first kappa shape index (κ1) is 17.3. The molecule has 4 rings (SSSR count). The molecular weight excluding hydrogens is 338 g/mol. The number of carbonyl (C=O) groups is 1. The molecule has 0 aliphatic carbocycles. The van der Waals surface area contributed by atoms with Crippen molar-refractivity contribution in [2.75, 3.05) is 18.6 Å². The van der Waals surface area contributed by atoms with Crippen molar-refractivity contribution in [1.82, 2.24) is 0 Å². The Morgan fingerprint density at radius 3 is 2.56 bits per heavy atom. The van der Waals surface area contributed by atoms with Crippen LogP contribution < -0.4 is 9.64 Å². The fourth-order valence-corrected chi connectivity index (χ4v) is 3.53. The number of methoxy groups -OCH3 is 1. The number of aliphatic hydroxyl groups excluding tert-OH is 1. The second-order valence-corrected chi connectivity index (χ2v) is 6.63. The van der Waals surface area contributed by atoms with E-state index in [1.807, 2.05) is 66.7 Å². The largest absolute Gasteiger partial charge is 0.497 e. The number of hydrogen-bond acceptors (Lipinski definition) is 3. The molecule has 0 fully saturated rings. The molecule has 1 amide bonds. The maximum atomic E-state index is 13.2. The van der Waals surface area contributed by atoms with E-state index in [1.165, 1.54) is 0 Å². The van der Waals surface area contributed by atoms with Crippen LogP contribution in [0.15, 0.2) is 72.8 Å². The van der Waals surface area contributed by atoms with E-state index in [1.54, 1.807) is 18.1 Å². The monoisotopic (exact) mass is 359 g/mol. The number of ether oxygens (including phenoxy) is 1. The zero-order chi connectivity index (χ0) is 18.8. The molecule has 1 N–H and O–H groups in total. The number of hydrogen-bond donors (Lipinski definition) is 1. The third kappa shape index (κ3) is 3.32. The van der Waals surface area contributed by atoms with Gasteiger partial charge in [-0.05, 0) is 47.9 Å². The molecule has 1 unspecified atom stereocenters. The van der Waals surface area contributed by atoms with Crippen LogP contribution in [0.4, 0.5) is 5.69 Å². The third-order valence-electron chi connectivity index (χ3n) is 4.97. The number of fused-ring (bicyclic) bond motifs is 1. The highest BCUT2D eigenvalue weighted by Crippen LogP contribution is 2.37. The lowest BCUT2D eigenvalue weighted by Gasteiger charge is -2.32. The SMILES string of the molecule is COc1ccc2c(c1)C(O)CCN2C(=O)c1cccc(-c2ccccc2)c1. The van der Waals surface area contributed by atoms with Crippen molar-refractivity contribution in [3.8, 4) is 16.9 Å². The Labute approximate surface area is 158 Å². The van der Waals surface area contributed by atoms with Gasteiger partial charge in [-0.15, -0.1) is 0 Å². The van der Waals surface area contributed by atoms with Crippen LogP contribution in [0.5, 0.6) is 5.75 Å². The third-order valence-corrected chi connectivity index (χ3v) is 4.97. The molecule has 136 valence electrons. The molecule has 27 heavy (non-hydrogen) atoms. The number of aliphatic hydroxyl groups is 1. The van der Waals surface area contributed by atoms with Crippen LogP contribution >= 0.6 is 0 Å². The van der Waals surface area contributed by atoms with Gasteiger partial charge in [0.15, 0.2) is 0 Å². The van der Waals surface area contributed by atoms with E-state index in [-0.39, 0.29) is 5.91 Å². The summed E-state index contributed by atoms with van der Waals surface area (Å²) in [4.78, 5) is 15.0. The van der Waals surface area contributed by atoms with Crippen LogP contribution in [0.2, 0.25) is 0 Å². The van der Waals surface area contributed by atoms with Crippen molar-refractivity contribution >= 4 is 11.6 Å². The van der Waals surface area contributed by atoms with E-state index >= 15 is 0 Å². The molecule has 0 radical (unpaired) electrons. The van der Waals surface area contributed by atoms with Gasteiger partial charge >= 0.3 is 0 Å².